The van der Waals surface area contributed by atoms with Gasteiger partial charge in [0.2, 0.25) is 18.2 Å². The van der Waals surface area contributed by atoms with Crippen LogP contribution in [0.25, 0.3) is 0 Å². The fraction of sp³-hybridized carbons (Fsp3) is 0.409. The van der Waals surface area contributed by atoms with E-state index in [9.17, 15) is 18.4 Å². The highest BCUT2D eigenvalue weighted by Gasteiger charge is 2.40. The SMILES string of the molecule is CCC(CNC=O)(C(=O)Nc1ccc(C)nc1OC(F)F)c1ccccc1C(C)C. The average molecular weight is 419 g/mol. The molecule has 1 atom stereocenters. The van der Waals surface area contributed by atoms with Crippen LogP contribution in [0.4, 0.5) is 14.5 Å². The van der Waals surface area contributed by atoms with E-state index in [4.69, 9.17) is 0 Å². The third-order valence-electron chi connectivity index (χ3n) is 5.07. The third-order valence-corrected chi connectivity index (χ3v) is 5.07. The van der Waals surface area contributed by atoms with Crippen molar-refractivity contribution in [3.8, 4) is 5.88 Å². The Morgan fingerprint density at radius 1 is 1.23 bits per heavy atom. The normalized spacial score (nSPS) is 13.1. The molecule has 1 aromatic carbocycles. The maximum Gasteiger partial charge on any atom is 0.388 e. The molecule has 0 saturated heterocycles. The van der Waals surface area contributed by atoms with Crippen LogP contribution in [-0.4, -0.2) is 30.5 Å². The minimum absolute atomic E-state index is 0.0388. The zero-order valence-electron chi connectivity index (χ0n) is 17.5. The first-order chi connectivity index (χ1) is 14.2. The van der Waals surface area contributed by atoms with Crippen LogP contribution in [0.5, 0.6) is 5.88 Å². The number of hydrogen-bond acceptors (Lipinski definition) is 4. The number of amides is 2. The quantitative estimate of drug-likeness (QED) is 0.567. The van der Waals surface area contributed by atoms with E-state index in [1.165, 1.54) is 6.07 Å². The lowest BCUT2D eigenvalue weighted by Gasteiger charge is -2.34. The van der Waals surface area contributed by atoms with E-state index in [0.717, 1.165) is 11.1 Å². The Labute approximate surface area is 175 Å². The van der Waals surface area contributed by atoms with Crippen LogP contribution in [0.2, 0.25) is 0 Å². The number of rotatable bonds is 10. The summed E-state index contributed by atoms with van der Waals surface area (Å²) in [7, 11) is 0. The zero-order chi connectivity index (χ0) is 22.3. The van der Waals surface area contributed by atoms with Crippen molar-refractivity contribution in [1.82, 2.24) is 10.3 Å². The highest BCUT2D eigenvalue weighted by Crippen LogP contribution is 2.36. The molecule has 162 valence electrons. The summed E-state index contributed by atoms with van der Waals surface area (Å²) in [5, 5.41) is 5.31. The standard InChI is InChI=1S/C22H27F2N3O3/c1-5-22(12-25-13-28,17-9-7-6-8-16(17)14(2)3)20(29)27-18-11-10-15(4)26-19(18)30-21(23)24/h6-11,13-14,21H,5,12H2,1-4H3,(H,25,28)(H,27,29). The smallest absolute Gasteiger partial charge is 0.388 e. The fourth-order valence-electron chi connectivity index (χ4n) is 3.47. The molecule has 1 heterocycles. The van der Waals surface area contributed by atoms with Gasteiger partial charge < -0.3 is 15.4 Å². The molecule has 0 bridgehead atoms. The Hall–Kier alpha value is -3.03. The molecular formula is C22H27F2N3O3. The number of anilines is 1. The number of benzene rings is 1. The molecule has 2 aromatic rings. The lowest BCUT2D eigenvalue weighted by Crippen LogP contribution is -2.48. The summed E-state index contributed by atoms with van der Waals surface area (Å²) in [5.74, 6) is -0.670. The summed E-state index contributed by atoms with van der Waals surface area (Å²) < 4.78 is 30.1. The van der Waals surface area contributed by atoms with Gasteiger partial charge in [-0.15, -0.1) is 0 Å². The fourth-order valence-corrected chi connectivity index (χ4v) is 3.47. The zero-order valence-corrected chi connectivity index (χ0v) is 17.5. The number of ether oxygens (including phenoxy) is 1. The van der Waals surface area contributed by atoms with Crippen molar-refractivity contribution in [3.05, 3.63) is 53.2 Å². The van der Waals surface area contributed by atoms with E-state index in [1.54, 1.807) is 13.0 Å². The Bertz CT molecular complexity index is 890. The summed E-state index contributed by atoms with van der Waals surface area (Å²) in [6.07, 6.45) is 0.905. The Morgan fingerprint density at radius 2 is 1.93 bits per heavy atom. The van der Waals surface area contributed by atoms with Crippen LogP contribution >= 0.6 is 0 Å². The molecule has 0 aliphatic carbocycles. The van der Waals surface area contributed by atoms with E-state index >= 15 is 0 Å². The second-order valence-electron chi connectivity index (χ2n) is 7.31. The third kappa shape index (κ3) is 5.11. The van der Waals surface area contributed by atoms with Gasteiger partial charge in [0.25, 0.3) is 0 Å². The number of aromatic nitrogens is 1. The topological polar surface area (TPSA) is 80.3 Å². The van der Waals surface area contributed by atoms with E-state index in [1.807, 2.05) is 45.0 Å². The molecule has 0 aliphatic heterocycles. The number of halogens is 2. The van der Waals surface area contributed by atoms with Crippen molar-refractivity contribution in [1.29, 1.82) is 0 Å². The van der Waals surface area contributed by atoms with Gasteiger partial charge in [0.05, 0.1) is 5.41 Å². The molecule has 2 rings (SSSR count). The van der Waals surface area contributed by atoms with Gasteiger partial charge in [0.15, 0.2) is 0 Å². The molecule has 0 saturated carbocycles. The Kier molecular flexibility index (Phi) is 7.86. The number of pyridine rings is 1. The molecule has 30 heavy (non-hydrogen) atoms. The monoisotopic (exact) mass is 419 g/mol. The highest BCUT2D eigenvalue weighted by atomic mass is 19.3. The number of nitrogens with zero attached hydrogens (tertiary/aromatic N) is 1. The lowest BCUT2D eigenvalue weighted by molar-refractivity contribution is -0.122. The van der Waals surface area contributed by atoms with Gasteiger partial charge in [-0.05, 0) is 42.5 Å². The Morgan fingerprint density at radius 3 is 2.53 bits per heavy atom. The van der Waals surface area contributed by atoms with E-state index < -0.39 is 17.9 Å². The first kappa shape index (κ1) is 23.3. The van der Waals surface area contributed by atoms with Gasteiger partial charge in [-0.2, -0.15) is 8.78 Å². The highest BCUT2D eigenvalue weighted by molar-refractivity contribution is 6.00. The van der Waals surface area contributed by atoms with Crippen LogP contribution in [0.3, 0.4) is 0 Å². The van der Waals surface area contributed by atoms with Crippen molar-refractivity contribution in [2.24, 2.45) is 0 Å². The molecule has 8 heteroatoms. The van der Waals surface area contributed by atoms with Gasteiger partial charge in [-0.25, -0.2) is 4.98 Å². The maximum atomic E-state index is 13.5. The first-order valence-electron chi connectivity index (χ1n) is 9.75. The van der Waals surface area contributed by atoms with E-state index in [0.29, 0.717) is 18.5 Å². The van der Waals surface area contributed by atoms with Crippen molar-refractivity contribution in [2.45, 2.75) is 52.1 Å². The number of hydrogen-bond donors (Lipinski definition) is 2. The van der Waals surface area contributed by atoms with Crippen LogP contribution in [0.1, 0.15) is 49.9 Å². The van der Waals surface area contributed by atoms with Gasteiger partial charge in [-0.3, -0.25) is 9.59 Å². The van der Waals surface area contributed by atoms with E-state index in [-0.39, 0.29) is 24.0 Å². The second kappa shape index (κ2) is 10.1. The summed E-state index contributed by atoms with van der Waals surface area (Å²) >= 11 is 0. The largest absolute Gasteiger partial charge is 0.415 e. The summed E-state index contributed by atoms with van der Waals surface area (Å²) in [6, 6.07) is 10.6. The second-order valence-corrected chi connectivity index (χ2v) is 7.31. The molecule has 1 aromatic heterocycles. The molecule has 6 nitrogen and oxygen atoms in total. The molecule has 0 radical (unpaired) electrons. The first-order valence-corrected chi connectivity index (χ1v) is 9.75. The van der Waals surface area contributed by atoms with E-state index in [2.05, 4.69) is 20.4 Å². The van der Waals surface area contributed by atoms with Crippen molar-refractivity contribution in [2.75, 3.05) is 11.9 Å². The summed E-state index contributed by atoms with van der Waals surface area (Å²) in [5.41, 5.74) is 1.13. The van der Waals surface area contributed by atoms with Gasteiger partial charge in [0.1, 0.15) is 5.69 Å². The minimum atomic E-state index is -3.08. The van der Waals surface area contributed by atoms with Crippen molar-refractivity contribution < 1.29 is 23.1 Å². The Balaban J connectivity index is 2.54. The molecule has 0 spiro atoms. The van der Waals surface area contributed by atoms with Crippen LogP contribution < -0.4 is 15.4 Å². The number of nitrogens with one attached hydrogen (secondary N) is 2. The van der Waals surface area contributed by atoms with Gasteiger partial charge in [0, 0.05) is 12.2 Å². The summed E-state index contributed by atoms with van der Waals surface area (Å²) in [4.78, 5) is 28.6. The van der Waals surface area contributed by atoms with Gasteiger partial charge in [-0.1, -0.05) is 45.0 Å². The molecule has 0 aliphatic rings. The summed E-state index contributed by atoms with van der Waals surface area (Å²) in [6.45, 7) is 4.47. The minimum Gasteiger partial charge on any atom is -0.415 e. The number of alkyl halides is 2. The number of aryl methyl sites for hydroxylation is 1. The number of carbonyl (C=O) groups excluding carboxylic acids is 2. The van der Waals surface area contributed by atoms with Crippen LogP contribution in [-0.2, 0) is 15.0 Å². The molecular weight excluding hydrogens is 392 g/mol. The van der Waals surface area contributed by atoms with Crippen molar-refractivity contribution in [3.63, 3.8) is 0 Å². The van der Waals surface area contributed by atoms with Crippen LogP contribution in [0.15, 0.2) is 36.4 Å². The lowest BCUT2D eigenvalue weighted by atomic mass is 9.73. The predicted octanol–water partition coefficient (Wildman–Crippen LogP) is 4.15. The van der Waals surface area contributed by atoms with Crippen LogP contribution in [0, 0.1) is 6.92 Å². The average Bonchev–Trinajstić information content (AvgIpc) is 2.70. The van der Waals surface area contributed by atoms with Gasteiger partial charge >= 0.3 is 6.61 Å². The molecule has 0 fully saturated rings. The van der Waals surface area contributed by atoms with Crippen molar-refractivity contribution >= 4 is 18.0 Å². The maximum absolute atomic E-state index is 13.5. The predicted molar refractivity (Wildman–Crippen MR) is 111 cm³/mol. The molecule has 2 N–H and O–H groups in total. The molecule has 2 amide bonds. The molecule has 1 unspecified atom stereocenters. The number of carbonyl (C=O) groups is 2.